The van der Waals surface area contributed by atoms with Crippen LogP contribution in [0.4, 0.5) is 5.69 Å². The van der Waals surface area contributed by atoms with E-state index in [1.54, 1.807) is 26.0 Å². The Morgan fingerprint density at radius 1 is 1.24 bits per heavy atom. The largest absolute Gasteiger partial charge is 0.478 e. The molecule has 6 nitrogen and oxygen atoms in total. The van der Waals surface area contributed by atoms with Crippen molar-refractivity contribution in [2.75, 3.05) is 4.72 Å². The van der Waals surface area contributed by atoms with Gasteiger partial charge in [0.25, 0.3) is 10.0 Å². The van der Waals surface area contributed by atoms with Gasteiger partial charge in [0.1, 0.15) is 5.56 Å². The zero-order valence-corrected chi connectivity index (χ0v) is 12.7. The summed E-state index contributed by atoms with van der Waals surface area (Å²) in [7, 11) is -3.84. The first-order valence-electron chi connectivity index (χ1n) is 6.23. The van der Waals surface area contributed by atoms with E-state index in [1.807, 2.05) is 6.92 Å². The Kier molecular flexibility index (Phi) is 3.78. The third kappa shape index (κ3) is 2.92. The molecule has 2 rings (SSSR count). The molecular formula is C14H16N2O4S. The van der Waals surface area contributed by atoms with Crippen LogP contribution >= 0.6 is 0 Å². The first kappa shape index (κ1) is 15.1. The van der Waals surface area contributed by atoms with Crippen LogP contribution in [0.3, 0.4) is 0 Å². The molecule has 0 bridgehead atoms. The molecule has 0 amide bonds. The van der Waals surface area contributed by atoms with Gasteiger partial charge >= 0.3 is 5.97 Å². The van der Waals surface area contributed by atoms with Crippen molar-refractivity contribution < 1.29 is 18.3 Å². The fourth-order valence-electron chi connectivity index (χ4n) is 2.18. The molecule has 0 aliphatic carbocycles. The lowest BCUT2D eigenvalue weighted by Gasteiger charge is -2.10. The maximum absolute atomic E-state index is 12.4. The molecule has 0 unspecified atom stereocenters. The molecule has 0 saturated carbocycles. The van der Waals surface area contributed by atoms with Crippen molar-refractivity contribution >= 4 is 21.7 Å². The van der Waals surface area contributed by atoms with Gasteiger partial charge in [0.2, 0.25) is 0 Å². The summed E-state index contributed by atoms with van der Waals surface area (Å²) in [5.41, 5.74) is 1.89. The van der Waals surface area contributed by atoms with Gasteiger partial charge < -0.3 is 10.1 Å². The molecule has 112 valence electrons. The van der Waals surface area contributed by atoms with Gasteiger partial charge in [-0.25, -0.2) is 13.2 Å². The van der Waals surface area contributed by atoms with E-state index in [0.717, 1.165) is 5.56 Å². The van der Waals surface area contributed by atoms with Crippen molar-refractivity contribution in [3.63, 3.8) is 0 Å². The van der Waals surface area contributed by atoms with Crippen LogP contribution in [0.25, 0.3) is 0 Å². The summed E-state index contributed by atoms with van der Waals surface area (Å²) in [5, 5.41) is 9.14. The lowest BCUT2D eigenvalue weighted by molar-refractivity contribution is 0.0697. The Morgan fingerprint density at radius 2 is 1.90 bits per heavy atom. The van der Waals surface area contributed by atoms with Gasteiger partial charge in [-0.1, -0.05) is 17.7 Å². The number of aromatic amines is 1. The first-order valence-corrected chi connectivity index (χ1v) is 7.72. The first-order chi connectivity index (χ1) is 9.72. The number of aromatic nitrogens is 1. The lowest BCUT2D eigenvalue weighted by atomic mass is 10.2. The van der Waals surface area contributed by atoms with Gasteiger partial charge in [0, 0.05) is 11.9 Å². The summed E-state index contributed by atoms with van der Waals surface area (Å²) in [6, 6.07) is 4.96. The third-order valence-corrected chi connectivity index (χ3v) is 4.68. The number of carboxylic acids is 1. The molecule has 7 heteroatoms. The van der Waals surface area contributed by atoms with Gasteiger partial charge in [-0.05, 0) is 32.4 Å². The number of sulfonamides is 1. The standard InChI is InChI=1S/C14H16N2O4S/c1-8-4-5-12(9(2)6-8)21(19,20)16-11-7-15-10(3)13(11)14(17)18/h4-7,15-16H,1-3H3,(H,17,18). The van der Waals surface area contributed by atoms with E-state index in [2.05, 4.69) is 9.71 Å². The number of aryl methyl sites for hydroxylation is 3. The van der Waals surface area contributed by atoms with Gasteiger partial charge in [-0.2, -0.15) is 0 Å². The number of benzene rings is 1. The second kappa shape index (κ2) is 5.25. The summed E-state index contributed by atoms with van der Waals surface area (Å²) in [5.74, 6) is -1.19. The molecule has 0 aliphatic rings. The maximum atomic E-state index is 12.4. The Morgan fingerprint density at radius 3 is 2.48 bits per heavy atom. The lowest BCUT2D eigenvalue weighted by Crippen LogP contribution is -2.16. The van der Waals surface area contributed by atoms with Crippen LogP contribution in [0.15, 0.2) is 29.3 Å². The number of H-pyrrole nitrogens is 1. The third-order valence-electron chi connectivity index (χ3n) is 3.16. The SMILES string of the molecule is Cc1ccc(S(=O)(=O)Nc2c[nH]c(C)c2C(=O)O)c(C)c1. The van der Waals surface area contributed by atoms with E-state index in [0.29, 0.717) is 11.3 Å². The number of aromatic carboxylic acids is 1. The zero-order valence-electron chi connectivity index (χ0n) is 11.9. The van der Waals surface area contributed by atoms with Crippen molar-refractivity contribution in [3.8, 4) is 0 Å². The number of carboxylic acid groups (broad SMARTS) is 1. The molecule has 0 saturated heterocycles. The van der Waals surface area contributed by atoms with Gasteiger partial charge in [0.15, 0.2) is 0 Å². The van der Waals surface area contributed by atoms with Crippen LogP contribution in [-0.4, -0.2) is 24.5 Å². The van der Waals surface area contributed by atoms with Crippen molar-refractivity contribution in [2.24, 2.45) is 0 Å². The van der Waals surface area contributed by atoms with Crippen LogP contribution in [-0.2, 0) is 10.0 Å². The van der Waals surface area contributed by atoms with E-state index < -0.39 is 16.0 Å². The van der Waals surface area contributed by atoms with Gasteiger partial charge in [-0.15, -0.1) is 0 Å². The van der Waals surface area contributed by atoms with Crippen LogP contribution in [0.5, 0.6) is 0 Å². The molecule has 1 heterocycles. The van der Waals surface area contributed by atoms with E-state index >= 15 is 0 Å². The number of anilines is 1. The Balaban J connectivity index is 2.45. The van der Waals surface area contributed by atoms with Crippen molar-refractivity contribution in [1.82, 2.24) is 4.98 Å². The minimum Gasteiger partial charge on any atom is -0.478 e. The predicted octanol–water partition coefficient (Wildman–Crippen LogP) is 2.44. The average molecular weight is 308 g/mol. The molecule has 1 aromatic carbocycles. The van der Waals surface area contributed by atoms with Crippen LogP contribution < -0.4 is 4.72 Å². The van der Waals surface area contributed by atoms with Crippen molar-refractivity contribution in [1.29, 1.82) is 0 Å². The van der Waals surface area contributed by atoms with E-state index in [4.69, 9.17) is 5.11 Å². The second-order valence-corrected chi connectivity index (χ2v) is 6.53. The average Bonchev–Trinajstić information content (AvgIpc) is 2.68. The van der Waals surface area contributed by atoms with Gasteiger partial charge in [-0.3, -0.25) is 4.72 Å². The summed E-state index contributed by atoms with van der Waals surface area (Å²) in [6.07, 6.45) is 1.33. The van der Waals surface area contributed by atoms with Crippen LogP contribution in [0.1, 0.15) is 27.2 Å². The number of hydrogen-bond donors (Lipinski definition) is 3. The van der Waals surface area contributed by atoms with E-state index in [9.17, 15) is 13.2 Å². The van der Waals surface area contributed by atoms with E-state index in [-0.39, 0.29) is 16.1 Å². The number of carbonyl (C=O) groups is 1. The maximum Gasteiger partial charge on any atom is 0.339 e. The molecule has 21 heavy (non-hydrogen) atoms. The number of nitrogens with one attached hydrogen (secondary N) is 2. The molecule has 1 aromatic heterocycles. The van der Waals surface area contributed by atoms with Crippen molar-refractivity contribution in [2.45, 2.75) is 25.7 Å². The Hall–Kier alpha value is -2.28. The Labute approximate surface area is 122 Å². The highest BCUT2D eigenvalue weighted by Gasteiger charge is 2.22. The molecule has 0 atom stereocenters. The summed E-state index contributed by atoms with van der Waals surface area (Å²) in [6.45, 7) is 5.13. The Bertz CT molecular complexity index is 806. The fourth-order valence-corrected chi connectivity index (χ4v) is 3.47. The highest BCUT2D eigenvalue weighted by molar-refractivity contribution is 7.92. The van der Waals surface area contributed by atoms with Crippen LogP contribution in [0.2, 0.25) is 0 Å². The minimum atomic E-state index is -3.84. The normalized spacial score (nSPS) is 11.4. The van der Waals surface area contributed by atoms with Crippen LogP contribution in [0, 0.1) is 20.8 Å². The quantitative estimate of drug-likeness (QED) is 0.807. The zero-order chi connectivity index (χ0) is 15.8. The fraction of sp³-hybridized carbons (Fsp3) is 0.214. The van der Waals surface area contributed by atoms with Gasteiger partial charge in [0.05, 0.1) is 10.6 Å². The highest BCUT2D eigenvalue weighted by atomic mass is 32.2. The monoisotopic (exact) mass is 308 g/mol. The molecule has 0 radical (unpaired) electrons. The van der Waals surface area contributed by atoms with Crippen molar-refractivity contribution in [3.05, 3.63) is 46.8 Å². The molecular weight excluding hydrogens is 292 g/mol. The molecule has 0 spiro atoms. The highest BCUT2D eigenvalue weighted by Crippen LogP contribution is 2.24. The topological polar surface area (TPSA) is 99.3 Å². The molecule has 0 aliphatic heterocycles. The number of rotatable bonds is 4. The molecule has 2 aromatic rings. The summed E-state index contributed by atoms with van der Waals surface area (Å²) >= 11 is 0. The summed E-state index contributed by atoms with van der Waals surface area (Å²) < 4.78 is 27.1. The minimum absolute atomic E-state index is 0.0278. The summed E-state index contributed by atoms with van der Waals surface area (Å²) in [4.78, 5) is 14.0. The smallest absolute Gasteiger partial charge is 0.339 e. The number of hydrogen-bond acceptors (Lipinski definition) is 3. The van der Waals surface area contributed by atoms with E-state index in [1.165, 1.54) is 12.3 Å². The predicted molar refractivity (Wildman–Crippen MR) is 79.2 cm³/mol. The second-order valence-electron chi connectivity index (χ2n) is 4.88. The molecule has 3 N–H and O–H groups in total. The molecule has 0 fully saturated rings.